The van der Waals surface area contributed by atoms with Crippen LogP contribution in [0.5, 0.6) is 0 Å². The summed E-state index contributed by atoms with van der Waals surface area (Å²) in [6.45, 7) is 8.63. The minimum atomic E-state index is 1.19. The fraction of sp³-hybridized carbons (Fsp3) is 1.00. The molecular weight excluding hydrogens is 232 g/mol. The summed E-state index contributed by atoms with van der Waals surface area (Å²) in [5.41, 5.74) is 0. The van der Waals surface area contributed by atoms with E-state index in [9.17, 15) is 0 Å². The van der Waals surface area contributed by atoms with Gasteiger partial charge in [-0.25, -0.2) is 0 Å². The number of piperidine rings is 1. The Labute approximate surface area is 121 Å². The van der Waals surface area contributed by atoms with E-state index in [1.165, 1.54) is 103 Å². The predicted octanol–water partition coefficient (Wildman–Crippen LogP) is 4.20. The lowest BCUT2D eigenvalue weighted by atomic mass is 10.1. The van der Waals surface area contributed by atoms with Crippen LogP contribution in [0.2, 0.25) is 0 Å². The lowest BCUT2D eigenvalue weighted by Gasteiger charge is -2.26. The van der Waals surface area contributed by atoms with E-state index >= 15 is 0 Å². The Morgan fingerprint density at radius 3 is 2.05 bits per heavy atom. The van der Waals surface area contributed by atoms with Gasteiger partial charge in [-0.15, -0.1) is 0 Å². The molecule has 0 aliphatic carbocycles. The fourth-order valence-electron chi connectivity index (χ4n) is 2.93. The zero-order valence-corrected chi connectivity index (χ0v) is 13.3. The SMILES string of the molecule is CCCCCCCCCCNCCN1CCCCC1. The van der Waals surface area contributed by atoms with Crippen LogP contribution in [0.15, 0.2) is 0 Å². The third-order valence-electron chi connectivity index (χ3n) is 4.26. The van der Waals surface area contributed by atoms with Gasteiger partial charge in [0.25, 0.3) is 0 Å². The molecule has 0 aromatic rings. The van der Waals surface area contributed by atoms with Gasteiger partial charge in [-0.3, -0.25) is 0 Å². The maximum Gasteiger partial charge on any atom is 0.0107 e. The van der Waals surface area contributed by atoms with Crippen molar-refractivity contribution in [1.82, 2.24) is 10.2 Å². The molecule has 2 nitrogen and oxygen atoms in total. The van der Waals surface area contributed by atoms with Crippen molar-refractivity contribution in [3.8, 4) is 0 Å². The van der Waals surface area contributed by atoms with Gasteiger partial charge in [0.05, 0.1) is 0 Å². The molecule has 1 aliphatic rings. The highest BCUT2D eigenvalue weighted by Crippen LogP contribution is 2.08. The zero-order chi connectivity index (χ0) is 13.6. The molecule has 0 amide bonds. The summed E-state index contributed by atoms with van der Waals surface area (Å²) in [4.78, 5) is 2.62. The van der Waals surface area contributed by atoms with Crippen molar-refractivity contribution < 1.29 is 0 Å². The van der Waals surface area contributed by atoms with Crippen LogP contribution in [0.4, 0.5) is 0 Å². The second-order valence-electron chi connectivity index (χ2n) is 6.13. The molecule has 0 spiro atoms. The largest absolute Gasteiger partial charge is 0.315 e. The third kappa shape index (κ3) is 10.4. The molecule has 1 aliphatic heterocycles. The lowest BCUT2D eigenvalue weighted by molar-refractivity contribution is 0.229. The van der Waals surface area contributed by atoms with E-state index in [1.807, 2.05) is 0 Å². The van der Waals surface area contributed by atoms with E-state index < -0.39 is 0 Å². The van der Waals surface area contributed by atoms with Crippen molar-refractivity contribution in [3.05, 3.63) is 0 Å². The van der Waals surface area contributed by atoms with Crippen molar-refractivity contribution in [3.63, 3.8) is 0 Å². The topological polar surface area (TPSA) is 15.3 Å². The number of likely N-dealkylation sites (tertiary alicyclic amines) is 1. The summed E-state index contributed by atoms with van der Waals surface area (Å²) < 4.78 is 0. The van der Waals surface area contributed by atoms with Crippen molar-refractivity contribution >= 4 is 0 Å². The standard InChI is InChI=1S/C17H36N2/c1-2-3-4-5-6-7-8-10-13-18-14-17-19-15-11-9-12-16-19/h18H,2-17H2,1H3. The molecular formula is C17H36N2. The van der Waals surface area contributed by atoms with E-state index in [-0.39, 0.29) is 0 Å². The molecule has 1 N–H and O–H groups in total. The molecule has 1 rings (SSSR count). The van der Waals surface area contributed by atoms with Gasteiger partial charge in [0.15, 0.2) is 0 Å². The van der Waals surface area contributed by atoms with Crippen molar-refractivity contribution in [2.75, 3.05) is 32.7 Å². The molecule has 0 saturated carbocycles. The number of rotatable bonds is 12. The Balaban J connectivity index is 1.71. The number of hydrogen-bond donors (Lipinski definition) is 1. The van der Waals surface area contributed by atoms with Crippen LogP contribution in [-0.4, -0.2) is 37.6 Å². The first kappa shape index (κ1) is 17.0. The van der Waals surface area contributed by atoms with Gasteiger partial charge in [-0.1, -0.05) is 58.3 Å². The Kier molecular flexibility index (Phi) is 11.5. The third-order valence-corrected chi connectivity index (χ3v) is 4.26. The molecule has 0 aromatic carbocycles. The van der Waals surface area contributed by atoms with Gasteiger partial charge in [0, 0.05) is 13.1 Å². The molecule has 2 heteroatoms. The van der Waals surface area contributed by atoms with Crippen LogP contribution >= 0.6 is 0 Å². The van der Waals surface area contributed by atoms with E-state index in [1.54, 1.807) is 0 Å². The maximum absolute atomic E-state index is 3.60. The van der Waals surface area contributed by atoms with E-state index in [2.05, 4.69) is 17.1 Å². The average molecular weight is 268 g/mol. The van der Waals surface area contributed by atoms with Gasteiger partial charge >= 0.3 is 0 Å². The number of nitrogens with one attached hydrogen (secondary N) is 1. The van der Waals surface area contributed by atoms with Crippen LogP contribution in [0.1, 0.15) is 77.6 Å². The van der Waals surface area contributed by atoms with Gasteiger partial charge in [0.2, 0.25) is 0 Å². The summed E-state index contributed by atoms with van der Waals surface area (Å²) in [7, 11) is 0. The number of unbranched alkanes of at least 4 members (excludes halogenated alkanes) is 7. The summed E-state index contributed by atoms with van der Waals surface area (Å²) in [6.07, 6.45) is 15.7. The van der Waals surface area contributed by atoms with Crippen LogP contribution in [0.25, 0.3) is 0 Å². The number of nitrogens with zero attached hydrogens (tertiary/aromatic N) is 1. The normalized spacial score (nSPS) is 16.9. The molecule has 114 valence electrons. The molecule has 1 fully saturated rings. The molecule has 0 bridgehead atoms. The molecule has 19 heavy (non-hydrogen) atoms. The molecule has 0 aromatic heterocycles. The Morgan fingerprint density at radius 1 is 0.737 bits per heavy atom. The Bertz CT molecular complexity index is 176. The Morgan fingerprint density at radius 2 is 1.37 bits per heavy atom. The second kappa shape index (κ2) is 12.9. The van der Waals surface area contributed by atoms with Crippen molar-refractivity contribution in [1.29, 1.82) is 0 Å². The van der Waals surface area contributed by atoms with Crippen LogP contribution in [0, 0.1) is 0 Å². The smallest absolute Gasteiger partial charge is 0.0107 e. The highest BCUT2D eigenvalue weighted by Gasteiger charge is 2.08. The monoisotopic (exact) mass is 268 g/mol. The summed E-state index contributed by atoms with van der Waals surface area (Å²) in [6, 6.07) is 0. The summed E-state index contributed by atoms with van der Waals surface area (Å²) in [5.74, 6) is 0. The first-order valence-corrected chi connectivity index (χ1v) is 8.86. The van der Waals surface area contributed by atoms with Crippen LogP contribution < -0.4 is 5.32 Å². The van der Waals surface area contributed by atoms with E-state index in [4.69, 9.17) is 0 Å². The minimum Gasteiger partial charge on any atom is -0.315 e. The van der Waals surface area contributed by atoms with Crippen LogP contribution in [0.3, 0.4) is 0 Å². The average Bonchev–Trinajstić information content (AvgIpc) is 2.46. The molecule has 1 heterocycles. The van der Waals surface area contributed by atoms with Crippen molar-refractivity contribution in [2.45, 2.75) is 77.6 Å². The summed E-state index contributed by atoms with van der Waals surface area (Å²) in [5, 5.41) is 3.60. The Hall–Kier alpha value is -0.0800. The zero-order valence-electron chi connectivity index (χ0n) is 13.3. The van der Waals surface area contributed by atoms with Gasteiger partial charge in [-0.2, -0.15) is 0 Å². The lowest BCUT2D eigenvalue weighted by Crippen LogP contribution is -2.36. The molecule has 0 atom stereocenters. The second-order valence-corrected chi connectivity index (χ2v) is 6.13. The first-order valence-electron chi connectivity index (χ1n) is 8.86. The van der Waals surface area contributed by atoms with Crippen molar-refractivity contribution in [2.24, 2.45) is 0 Å². The van der Waals surface area contributed by atoms with Gasteiger partial charge in [0.1, 0.15) is 0 Å². The van der Waals surface area contributed by atoms with Crippen LogP contribution in [-0.2, 0) is 0 Å². The quantitative estimate of drug-likeness (QED) is 0.534. The van der Waals surface area contributed by atoms with E-state index in [0.717, 1.165) is 0 Å². The van der Waals surface area contributed by atoms with Gasteiger partial charge < -0.3 is 10.2 Å². The molecule has 0 unspecified atom stereocenters. The minimum absolute atomic E-state index is 1.19. The highest BCUT2D eigenvalue weighted by atomic mass is 15.1. The first-order chi connectivity index (χ1) is 9.43. The molecule has 0 radical (unpaired) electrons. The number of hydrogen-bond acceptors (Lipinski definition) is 2. The van der Waals surface area contributed by atoms with E-state index in [0.29, 0.717) is 0 Å². The summed E-state index contributed by atoms with van der Waals surface area (Å²) >= 11 is 0. The fourth-order valence-corrected chi connectivity index (χ4v) is 2.93. The predicted molar refractivity (Wildman–Crippen MR) is 85.8 cm³/mol. The maximum atomic E-state index is 3.60. The van der Waals surface area contributed by atoms with Gasteiger partial charge in [-0.05, 0) is 38.9 Å². The molecule has 1 saturated heterocycles. The highest BCUT2D eigenvalue weighted by molar-refractivity contribution is 4.65.